The molecule has 2 aliphatic carbocycles. The molecule has 3 atom stereocenters. The summed E-state index contributed by atoms with van der Waals surface area (Å²) in [6, 6.07) is 10.7. The summed E-state index contributed by atoms with van der Waals surface area (Å²) in [6.45, 7) is 8.73. The van der Waals surface area contributed by atoms with E-state index in [0.717, 1.165) is 50.5 Å². The lowest BCUT2D eigenvalue weighted by molar-refractivity contribution is -0.125. The fourth-order valence-corrected chi connectivity index (χ4v) is 6.04. The minimum atomic E-state index is -0.213. The zero-order valence-corrected chi connectivity index (χ0v) is 21.3. The normalized spacial score (nSPS) is 25.4. The fourth-order valence-electron chi connectivity index (χ4n) is 6.04. The molecular weight excluding hydrogens is 455 g/mol. The van der Waals surface area contributed by atoms with Crippen LogP contribution in [0.25, 0.3) is 16.9 Å². The first-order valence-corrected chi connectivity index (χ1v) is 13.2. The van der Waals surface area contributed by atoms with Crippen molar-refractivity contribution in [3.8, 4) is 16.9 Å². The number of rotatable bonds is 7. The smallest absolute Gasteiger partial charge is 0.224 e. The van der Waals surface area contributed by atoms with Gasteiger partial charge in [-0.2, -0.15) is 0 Å². The summed E-state index contributed by atoms with van der Waals surface area (Å²) in [7, 11) is 0. The van der Waals surface area contributed by atoms with E-state index in [2.05, 4.69) is 31.1 Å². The van der Waals surface area contributed by atoms with E-state index in [4.69, 9.17) is 4.74 Å². The fraction of sp³-hybridized carbons (Fsp3) is 0.500. The van der Waals surface area contributed by atoms with Crippen LogP contribution >= 0.6 is 0 Å². The molecule has 2 aromatic carbocycles. The Morgan fingerprint density at radius 2 is 1.94 bits per heavy atom. The zero-order chi connectivity index (χ0) is 25.4. The molecule has 1 saturated heterocycles. The van der Waals surface area contributed by atoms with Gasteiger partial charge in [0.05, 0.1) is 5.92 Å². The molecule has 5 rings (SSSR count). The van der Waals surface area contributed by atoms with Crippen molar-refractivity contribution in [2.45, 2.75) is 82.4 Å². The van der Waals surface area contributed by atoms with Gasteiger partial charge in [-0.05, 0) is 75.1 Å². The van der Waals surface area contributed by atoms with Gasteiger partial charge < -0.3 is 20.5 Å². The summed E-state index contributed by atoms with van der Waals surface area (Å²) in [5.41, 5.74) is 2.71. The van der Waals surface area contributed by atoms with Crippen LogP contribution in [0.1, 0.15) is 75.8 Å². The van der Waals surface area contributed by atoms with Gasteiger partial charge in [-0.3, -0.25) is 4.79 Å². The number of carbonyl (C=O) groups excluding carboxylic acids is 1. The van der Waals surface area contributed by atoms with E-state index >= 15 is 4.39 Å². The maximum atomic E-state index is 15.1. The van der Waals surface area contributed by atoms with Crippen molar-refractivity contribution in [2.24, 2.45) is 5.92 Å². The van der Waals surface area contributed by atoms with Gasteiger partial charge in [0.1, 0.15) is 23.4 Å². The molecule has 2 aromatic rings. The monoisotopic (exact) mass is 492 g/mol. The lowest BCUT2D eigenvalue weighted by Gasteiger charge is -2.29. The second-order valence-electron chi connectivity index (χ2n) is 11.4. The number of ether oxygens (including phenoxy) is 1. The molecule has 0 unspecified atom stereocenters. The highest BCUT2D eigenvalue weighted by Crippen LogP contribution is 2.46. The van der Waals surface area contributed by atoms with Crippen molar-refractivity contribution >= 4 is 11.7 Å². The van der Waals surface area contributed by atoms with Gasteiger partial charge >= 0.3 is 0 Å². The quantitative estimate of drug-likeness (QED) is 0.409. The molecule has 192 valence electrons. The van der Waals surface area contributed by atoms with E-state index in [-0.39, 0.29) is 47.0 Å². The predicted octanol–water partition coefficient (Wildman–Crippen LogP) is 6.09. The second-order valence-corrected chi connectivity index (χ2v) is 11.4. The molecule has 0 bridgehead atoms. The van der Waals surface area contributed by atoms with Crippen molar-refractivity contribution in [3.63, 3.8) is 0 Å². The van der Waals surface area contributed by atoms with Crippen LogP contribution in [0, 0.1) is 11.7 Å². The molecular formula is C30H37FN2O3. The number of benzene rings is 2. The highest BCUT2D eigenvalue weighted by atomic mass is 19.1. The zero-order valence-electron chi connectivity index (χ0n) is 21.3. The third-order valence-electron chi connectivity index (χ3n) is 8.15. The first-order valence-electron chi connectivity index (χ1n) is 13.2. The Hall–Kier alpha value is -2.86. The second kappa shape index (κ2) is 9.89. The number of amides is 1. The molecule has 0 aromatic heterocycles. The Morgan fingerprint density at radius 1 is 1.17 bits per heavy atom. The molecule has 2 saturated carbocycles. The summed E-state index contributed by atoms with van der Waals surface area (Å²) in [6.07, 6.45) is 6.18. The first kappa shape index (κ1) is 24.8. The van der Waals surface area contributed by atoms with Crippen LogP contribution in [0.15, 0.2) is 43.0 Å². The molecule has 1 heterocycles. The number of aliphatic hydroxyl groups is 1. The third kappa shape index (κ3) is 5.01. The van der Waals surface area contributed by atoms with Crippen molar-refractivity contribution in [2.75, 3.05) is 6.54 Å². The summed E-state index contributed by atoms with van der Waals surface area (Å²) in [5, 5.41) is 17.1. The van der Waals surface area contributed by atoms with Gasteiger partial charge in [-0.25, -0.2) is 4.39 Å². The average Bonchev–Trinajstić information content (AvgIpc) is 3.39. The molecule has 1 amide bonds. The van der Waals surface area contributed by atoms with E-state index in [0.29, 0.717) is 29.0 Å². The SMILES string of the molecule is C=C(O)c1cccc(O[C@@H]2CC[C@@H](NC(=O)[C@@H]3CNC(C)(C)C3)C2)c1-c1cccc(F)c1C1CCC1. The average molecular weight is 493 g/mol. The largest absolute Gasteiger partial charge is 0.508 e. The van der Waals surface area contributed by atoms with Crippen LogP contribution < -0.4 is 15.4 Å². The van der Waals surface area contributed by atoms with Gasteiger partial charge in [-0.15, -0.1) is 0 Å². The highest BCUT2D eigenvalue weighted by molar-refractivity contribution is 5.84. The maximum Gasteiger partial charge on any atom is 0.224 e. The van der Waals surface area contributed by atoms with Gasteiger partial charge in [0.25, 0.3) is 0 Å². The van der Waals surface area contributed by atoms with Crippen molar-refractivity contribution in [1.29, 1.82) is 0 Å². The number of nitrogens with one attached hydrogen (secondary N) is 2. The summed E-state index contributed by atoms with van der Waals surface area (Å²) < 4.78 is 21.6. The van der Waals surface area contributed by atoms with Crippen molar-refractivity contribution in [3.05, 3.63) is 59.9 Å². The molecule has 5 nitrogen and oxygen atoms in total. The van der Waals surface area contributed by atoms with Gasteiger partial charge in [0.2, 0.25) is 5.91 Å². The number of halogens is 1. The molecule has 3 aliphatic rings. The van der Waals surface area contributed by atoms with Crippen LogP contribution in [-0.4, -0.2) is 35.2 Å². The van der Waals surface area contributed by atoms with E-state index in [9.17, 15) is 9.90 Å². The third-order valence-corrected chi connectivity index (χ3v) is 8.15. The van der Waals surface area contributed by atoms with Crippen LogP contribution in [0.4, 0.5) is 4.39 Å². The standard InChI is InChI=1S/C30H37FN2O3/c1-18(34)23-9-6-12-26(28(23)24-10-5-11-25(31)27(24)19-7-4-8-19)36-22-14-13-21(15-22)33-29(35)20-16-30(2,3)32-17-20/h5-6,9-12,19-22,32,34H,1,4,7-8,13-17H2,2-3H3,(H,33,35)/t20-,21+,22+/m0/s1. The summed E-state index contributed by atoms with van der Waals surface area (Å²) in [5.74, 6) is 0.626. The Bertz CT molecular complexity index is 1160. The minimum Gasteiger partial charge on any atom is -0.508 e. The molecule has 0 spiro atoms. The molecule has 0 radical (unpaired) electrons. The van der Waals surface area contributed by atoms with Crippen molar-refractivity contribution in [1.82, 2.24) is 10.6 Å². The van der Waals surface area contributed by atoms with E-state index in [1.165, 1.54) is 6.07 Å². The molecule has 36 heavy (non-hydrogen) atoms. The maximum absolute atomic E-state index is 15.1. The van der Waals surface area contributed by atoms with E-state index in [1.807, 2.05) is 18.2 Å². The molecule has 3 fully saturated rings. The topological polar surface area (TPSA) is 70.6 Å². The molecule has 3 N–H and O–H groups in total. The van der Waals surface area contributed by atoms with Gasteiger partial charge in [0, 0.05) is 35.7 Å². The number of carbonyl (C=O) groups is 1. The van der Waals surface area contributed by atoms with Crippen molar-refractivity contribution < 1.29 is 19.0 Å². The molecule has 1 aliphatic heterocycles. The first-order chi connectivity index (χ1) is 17.2. The Labute approximate surface area is 213 Å². The predicted molar refractivity (Wildman–Crippen MR) is 140 cm³/mol. The van der Waals surface area contributed by atoms with E-state index < -0.39 is 0 Å². The summed E-state index contributed by atoms with van der Waals surface area (Å²) >= 11 is 0. The van der Waals surface area contributed by atoms with E-state index in [1.54, 1.807) is 12.1 Å². The van der Waals surface area contributed by atoms with Crippen LogP contribution in [0.5, 0.6) is 5.75 Å². The Kier molecular flexibility index (Phi) is 6.82. The highest BCUT2D eigenvalue weighted by Gasteiger charge is 2.37. The van der Waals surface area contributed by atoms with Crippen LogP contribution in [0.2, 0.25) is 0 Å². The lowest BCUT2D eigenvalue weighted by atomic mass is 9.76. The summed E-state index contributed by atoms with van der Waals surface area (Å²) in [4.78, 5) is 12.8. The van der Waals surface area contributed by atoms with Crippen LogP contribution in [0.3, 0.4) is 0 Å². The van der Waals surface area contributed by atoms with Gasteiger partial charge in [0.15, 0.2) is 0 Å². The number of hydrogen-bond donors (Lipinski definition) is 3. The minimum absolute atomic E-state index is 0.00303. The Balaban J connectivity index is 1.36. The van der Waals surface area contributed by atoms with Crippen LogP contribution in [-0.2, 0) is 4.79 Å². The Morgan fingerprint density at radius 3 is 2.61 bits per heavy atom. The number of aliphatic hydroxyl groups excluding tert-OH is 1. The lowest BCUT2D eigenvalue weighted by Crippen LogP contribution is -2.38. The molecule has 6 heteroatoms. The van der Waals surface area contributed by atoms with Gasteiger partial charge in [-0.1, -0.05) is 37.3 Å². The number of hydrogen-bond acceptors (Lipinski definition) is 4.